The molecule has 5 heteroatoms. The number of pyridine rings is 1. The van der Waals surface area contributed by atoms with E-state index in [0.29, 0.717) is 17.2 Å². The number of carbonyl (C=O) groups is 1. The lowest BCUT2D eigenvalue weighted by molar-refractivity contribution is 0.102. The Balaban J connectivity index is 2.13. The third kappa shape index (κ3) is 2.20. The predicted molar refractivity (Wildman–Crippen MR) is 62.1 cm³/mol. The Bertz CT molecular complexity index is 518. The first-order chi connectivity index (χ1) is 7.65. The summed E-state index contributed by atoms with van der Waals surface area (Å²) in [6.45, 7) is 1.93. The number of H-pyrrole nitrogens is 1. The van der Waals surface area contributed by atoms with Crippen LogP contribution in [-0.4, -0.2) is 15.9 Å². The summed E-state index contributed by atoms with van der Waals surface area (Å²) < 4.78 is 0. The first-order valence-corrected chi connectivity index (χ1v) is 4.83. The fourth-order valence-corrected chi connectivity index (χ4v) is 1.33. The second-order valence-corrected chi connectivity index (χ2v) is 3.52. The average Bonchev–Trinajstić information content (AvgIpc) is 2.65. The molecule has 0 spiro atoms. The Hall–Kier alpha value is -2.30. The van der Waals surface area contributed by atoms with Gasteiger partial charge in [0.05, 0.1) is 0 Å². The molecular weight excluding hydrogens is 204 g/mol. The predicted octanol–water partition coefficient (Wildman–Crippen LogP) is 1.55. The third-order valence-electron chi connectivity index (χ3n) is 2.11. The molecule has 0 aliphatic carbocycles. The van der Waals surface area contributed by atoms with Crippen LogP contribution in [0.2, 0.25) is 0 Å². The van der Waals surface area contributed by atoms with Crippen LogP contribution in [0.15, 0.2) is 30.6 Å². The normalized spacial score (nSPS) is 10.1. The molecule has 0 aromatic carbocycles. The van der Waals surface area contributed by atoms with Gasteiger partial charge < -0.3 is 16.0 Å². The van der Waals surface area contributed by atoms with Crippen LogP contribution in [0.25, 0.3) is 0 Å². The minimum absolute atomic E-state index is 0.255. The Labute approximate surface area is 92.7 Å². The van der Waals surface area contributed by atoms with Gasteiger partial charge in [0.1, 0.15) is 11.5 Å². The van der Waals surface area contributed by atoms with Gasteiger partial charge in [-0.25, -0.2) is 4.98 Å². The molecular formula is C11H12N4O. The van der Waals surface area contributed by atoms with Crippen LogP contribution in [0.3, 0.4) is 0 Å². The summed E-state index contributed by atoms with van der Waals surface area (Å²) in [7, 11) is 0. The number of aromatic amines is 1. The number of carbonyl (C=O) groups excluding carboxylic acids is 1. The Morgan fingerprint density at radius 2 is 2.31 bits per heavy atom. The van der Waals surface area contributed by atoms with E-state index in [1.807, 2.05) is 13.0 Å². The van der Waals surface area contributed by atoms with Crippen LogP contribution >= 0.6 is 0 Å². The molecule has 1 amide bonds. The molecule has 2 heterocycles. The van der Waals surface area contributed by atoms with E-state index in [1.165, 1.54) is 0 Å². The van der Waals surface area contributed by atoms with Crippen molar-refractivity contribution in [3.63, 3.8) is 0 Å². The van der Waals surface area contributed by atoms with E-state index < -0.39 is 0 Å². The number of nitrogens with zero attached hydrogens (tertiary/aromatic N) is 1. The van der Waals surface area contributed by atoms with Gasteiger partial charge in [-0.2, -0.15) is 0 Å². The summed E-state index contributed by atoms with van der Waals surface area (Å²) in [4.78, 5) is 18.5. The molecule has 0 saturated heterocycles. The van der Waals surface area contributed by atoms with Gasteiger partial charge in [0.2, 0.25) is 0 Å². The van der Waals surface area contributed by atoms with Crippen molar-refractivity contribution in [3.05, 3.63) is 41.9 Å². The van der Waals surface area contributed by atoms with E-state index in [-0.39, 0.29) is 5.91 Å². The van der Waals surface area contributed by atoms with Crippen LogP contribution in [0.5, 0.6) is 0 Å². The standard InChI is InChI=1S/C11H12N4O/c1-7-2-3-13-10(4-7)15-11(16)9-5-8(12)6-14-9/h2-6,14H,12H2,1H3,(H,13,15,16). The van der Waals surface area contributed by atoms with Crippen molar-refractivity contribution >= 4 is 17.4 Å². The number of nitrogen functional groups attached to an aromatic ring is 1. The van der Waals surface area contributed by atoms with E-state index in [4.69, 9.17) is 5.73 Å². The topological polar surface area (TPSA) is 83.8 Å². The molecule has 0 bridgehead atoms. The zero-order chi connectivity index (χ0) is 11.5. The second kappa shape index (κ2) is 4.06. The lowest BCUT2D eigenvalue weighted by atomic mass is 10.3. The van der Waals surface area contributed by atoms with Crippen molar-refractivity contribution in [2.45, 2.75) is 6.92 Å². The number of anilines is 2. The van der Waals surface area contributed by atoms with Gasteiger partial charge in [-0.05, 0) is 30.7 Å². The molecule has 0 saturated carbocycles. The van der Waals surface area contributed by atoms with E-state index in [0.717, 1.165) is 5.56 Å². The number of nitrogens with two attached hydrogens (primary N) is 1. The fourth-order valence-electron chi connectivity index (χ4n) is 1.33. The van der Waals surface area contributed by atoms with Crippen LogP contribution in [0, 0.1) is 6.92 Å². The van der Waals surface area contributed by atoms with Crippen LogP contribution in [-0.2, 0) is 0 Å². The number of hydrogen-bond acceptors (Lipinski definition) is 3. The maximum atomic E-state index is 11.7. The molecule has 0 atom stereocenters. The van der Waals surface area contributed by atoms with Crippen LogP contribution in [0.4, 0.5) is 11.5 Å². The lowest BCUT2D eigenvalue weighted by Gasteiger charge is -2.02. The molecule has 0 radical (unpaired) electrons. The molecule has 16 heavy (non-hydrogen) atoms. The highest BCUT2D eigenvalue weighted by atomic mass is 16.1. The van der Waals surface area contributed by atoms with Crippen molar-refractivity contribution < 1.29 is 4.79 Å². The zero-order valence-electron chi connectivity index (χ0n) is 8.82. The van der Waals surface area contributed by atoms with Crippen molar-refractivity contribution in [1.82, 2.24) is 9.97 Å². The molecule has 0 aliphatic heterocycles. The van der Waals surface area contributed by atoms with Crippen molar-refractivity contribution in [1.29, 1.82) is 0 Å². The van der Waals surface area contributed by atoms with Gasteiger partial charge in [0, 0.05) is 18.1 Å². The Kier molecular flexibility index (Phi) is 2.59. The number of hydrogen-bond donors (Lipinski definition) is 3. The highest BCUT2D eigenvalue weighted by Gasteiger charge is 2.08. The van der Waals surface area contributed by atoms with Crippen molar-refractivity contribution in [2.24, 2.45) is 0 Å². The van der Waals surface area contributed by atoms with Gasteiger partial charge in [-0.15, -0.1) is 0 Å². The van der Waals surface area contributed by atoms with Gasteiger partial charge in [-0.1, -0.05) is 0 Å². The van der Waals surface area contributed by atoms with E-state index in [9.17, 15) is 4.79 Å². The van der Waals surface area contributed by atoms with Crippen molar-refractivity contribution in [2.75, 3.05) is 11.1 Å². The van der Waals surface area contributed by atoms with E-state index >= 15 is 0 Å². The molecule has 82 valence electrons. The van der Waals surface area contributed by atoms with Crippen LogP contribution < -0.4 is 11.1 Å². The molecule has 2 aromatic heterocycles. The smallest absolute Gasteiger partial charge is 0.273 e. The monoisotopic (exact) mass is 216 g/mol. The second-order valence-electron chi connectivity index (χ2n) is 3.52. The molecule has 5 nitrogen and oxygen atoms in total. The van der Waals surface area contributed by atoms with Gasteiger partial charge >= 0.3 is 0 Å². The summed E-state index contributed by atoms with van der Waals surface area (Å²) in [6, 6.07) is 5.23. The Morgan fingerprint density at radius 1 is 1.50 bits per heavy atom. The number of aromatic nitrogens is 2. The molecule has 0 aliphatic rings. The third-order valence-corrected chi connectivity index (χ3v) is 2.11. The van der Waals surface area contributed by atoms with E-state index in [1.54, 1.807) is 24.5 Å². The maximum Gasteiger partial charge on any atom is 0.273 e. The minimum Gasteiger partial charge on any atom is -0.397 e. The largest absolute Gasteiger partial charge is 0.397 e. The fraction of sp³-hybridized carbons (Fsp3) is 0.0909. The quantitative estimate of drug-likeness (QED) is 0.712. The summed E-state index contributed by atoms with van der Waals surface area (Å²) in [5.41, 5.74) is 7.49. The summed E-state index contributed by atoms with van der Waals surface area (Å²) in [5.74, 6) is 0.271. The number of nitrogens with one attached hydrogen (secondary N) is 2. The zero-order valence-corrected chi connectivity index (χ0v) is 8.82. The SMILES string of the molecule is Cc1ccnc(NC(=O)c2cc(N)c[nH]2)c1. The van der Waals surface area contributed by atoms with E-state index in [2.05, 4.69) is 15.3 Å². The highest BCUT2D eigenvalue weighted by Crippen LogP contribution is 2.09. The van der Waals surface area contributed by atoms with Crippen LogP contribution in [0.1, 0.15) is 16.1 Å². The molecule has 2 aromatic rings. The van der Waals surface area contributed by atoms with Gasteiger partial charge in [0.15, 0.2) is 0 Å². The molecule has 0 fully saturated rings. The first kappa shape index (κ1) is 10.2. The number of amides is 1. The average molecular weight is 216 g/mol. The minimum atomic E-state index is -0.255. The van der Waals surface area contributed by atoms with Gasteiger partial charge in [-0.3, -0.25) is 4.79 Å². The Morgan fingerprint density at radius 3 is 2.94 bits per heavy atom. The molecule has 0 unspecified atom stereocenters. The van der Waals surface area contributed by atoms with Crippen molar-refractivity contribution in [3.8, 4) is 0 Å². The summed E-state index contributed by atoms with van der Waals surface area (Å²) in [6.07, 6.45) is 3.21. The summed E-state index contributed by atoms with van der Waals surface area (Å²) in [5, 5.41) is 2.68. The highest BCUT2D eigenvalue weighted by molar-refractivity contribution is 6.03. The number of rotatable bonds is 2. The first-order valence-electron chi connectivity index (χ1n) is 4.83. The maximum absolute atomic E-state index is 11.7. The number of aryl methyl sites for hydroxylation is 1. The summed E-state index contributed by atoms with van der Waals surface area (Å²) >= 11 is 0. The van der Waals surface area contributed by atoms with Gasteiger partial charge in [0.25, 0.3) is 5.91 Å². The molecule has 4 N–H and O–H groups in total. The molecule has 2 rings (SSSR count). The lowest BCUT2D eigenvalue weighted by Crippen LogP contribution is -2.13.